The van der Waals surface area contributed by atoms with E-state index in [1.807, 2.05) is 0 Å². The van der Waals surface area contributed by atoms with Crippen LogP contribution in [-0.2, 0) is 19.1 Å². The van der Waals surface area contributed by atoms with Crippen LogP contribution in [0, 0.1) is 11.8 Å². The van der Waals surface area contributed by atoms with E-state index in [0.29, 0.717) is 12.8 Å². The predicted molar refractivity (Wildman–Crippen MR) is 217 cm³/mol. The minimum absolute atomic E-state index is 0.0146. The second kappa shape index (κ2) is 41.2. The molecule has 0 heterocycles. The van der Waals surface area contributed by atoms with Gasteiger partial charge in [-0.05, 0) is 77.3 Å². The van der Waals surface area contributed by atoms with Crippen LogP contribution in [0.15, 0.2) is 0 Å². The van der Waals surface area contributed by atoms with Gasteiger partial charge in [0, 0.05) is 32.4 Å². The van der Waals surface area contributed by atoms with Crippen molar-refractivity contribution in [1.82, 2.24) is 4.90 Å². The number of hydrogen-bond acceptors (Lipinski definition) is 6. The van der Waals surface area contributed by atoms with Crippen molar-refractivity contribution in [3.8, 4) is 11.8 Å². The zero-order valence-electron chi connectivity index (χ0n) is 34.3. The molecule has 6 nitrogen and oxygen atoms in total. The first kappa shape index (κ1) is 49.4. The average molecular weight is 720 g/mol. The van der Waals surface area contributed by atoms with Crippen LogP contribution >= 0.6 is 0 Å². The number of nitrogens with zero attached hydrogens (tertiary/aromatic N) is 1. The van der Waals surface area contributed by atoms with Crippen molar-refractivity contribution in [1.29, 1.82) is 0 Å². The largest absolute Gasteiger partial charge is 0.462 e. The SMILES string of the molecule is CCCCCCC#CCOC(=O)CCCCCCCN(CCCO)CCCCCCCC(=O)OC(CCCCCCCC)CCCCCCCC. The van der Waals surface area contributed by atoms with Crippen molar-refractivity contribution >= 4 is 11.9 Å². The molecule has 0 fully saturated rings. The van der Waals surface area contributed by atoms with E-state index < -0.39 is 0 Å². The number of ether oxygens (including phenoxy) is 2. The average Bonchev–Trinajstić information content (AvgIpc) is 3.13. The normalized spacial score (nSPS) is 11.3. The Labute approximate surface area is 317 Å². The Morgan fingerprint density at radius 3 is 1.47 bits per heavy atom. The van der Waals surface area contributed by atoms with Crippen LogP contribution in [-0.4, -0.2) is 60.9 Å². The molecule has 0 aromatic heterocycles. The fourth-order valence-corrected chi connectivity index (χ4v) is 6.68. The predicted octanol–water partition coefficient (Wildman–Crippen LogP) is 12.3. The van der Waals surface area contributed by atoms with Crippen molar-refractivity contribution in [2.24, 2.45) is 0 Å². The molecule has 0 radical (unpaired) electrons. The van der Waals surface area contributed by atoms with Gasteiger partial charge in [0.15, 0.2) is 6.61 Å². The van der Waals surface area contributed by atoms with E-state index in [0.717, 1.165) is 96.7 Å². The van der Waals surface area contributed by atoms with Gasteiger partial charge in [-0.25, -0.2) is 0 Å². The minimum Gasteiger partial charge on any atom is -0.462 e. The first-order valence-corrected chi connectivity index (χ1v) is 22.2. The third-order valence-corrected chi connectivity index (χ3v) is 9.99. The van der Waals surface area contributed by atoms with Crippen LogP contribution in [0.4, 0.5) is 0 Å². The Morgan fingerprint density at radius 2 is 0.941 bits per heavy atom. The van der Waals surface area contributed by atoms with Crippen LogP contribution in [0.2, 0.25) is 0 Å². The minimum atomic E-state index is -0.128. The molecule has 0 saturated heterocycles. The smallest absolute Gasteiger partial charge is 0.306 e. The maximum Gasteiger partial charge on any atom is 0.306 e. The Hall–Kier alpha value is -1.58. The number of esters is 2. The summed E-state index contributed by atoms with van der Waals surface area (Å²) in [5, 5.41) is 9.37. The van der Waals surface area contributed by atoms with Gasteiger partial charge in [0.25, 0.3) is 0 Å². The summed E-state index contributed by atoms with van der Waals surface area (Å²) in [6, 6.07) is 0. The molecule has 0 atom stereocenters. The summed E-state index contributed by atoms with van der Waals surface area (Å²) in [5.41, 5.74) is 0. The number of unbranched alkanes of at least 4 members (excludes halogenated alkanes) is 22. The standard InChI is InChI=1S/C45H85NO5/c1-4-7-10-13-16-25-32-42-50-44(48)36-28-21-17-23-30-38-46(40-33-41-47)39-31-24-18-22-29-37-45(49)51-43(34-26-19-14-11-8-5-2)35-27-20-15-12-9-6-3/h43,47H,4-24,26-31,33-42H2,1-3H3. The zero-order chi connectivity index (χ0) is 37.3. The second-order valence-electron chi connectivity index (χ2n) is 15.0. The third kappa shape index (κ3) is 38.0. The van der Waals surface area contributed by atoms with Gasteiger partial charge >= 0.3 is 11.9 Å². The molecule has 0 unspecified atom stereocenters. The van der Waals surface area contributed by atoms with Crippen LogP contribution in [0.3, 0.4) is 0 Å². The van der Waals surface area contributed by atoms with Crippen LogP contribution in [0.25, 0.3) is 0 Å². The Morgan fingerprint density at radius 1 is 0.510 bits per heavy atom. The number of aliphatic hydroxyl groups is 1. The lowest BCUT2D eigenvalue weighted by molar-refractivity contribution is -0.150. The maximum atomic E-state index is 12.7. The highest BCUT2D eigenvalue weighted by atomic mass is 16.5. The maximum absolute atomic E-state index is 12.7. The lowest BCUT2D eigenvalue weighted by Crippen LogP contribution is -2.27. The van der Waals surface area contributed by atoms with E-state index in [9.17, 15) is 14.7 Å². The van der Waals surface area contributed by atoms with Gasteiger partial charge in [0.1, 0.15) is 6.10 Å². The molecule has 0 bridgehead atoms. The number of carbonyl (C=O) groups excluding carboxylic acids is 2. The Balaban J connectivity index is 4.06. The zero-order valence-corrected chi connectivity index (χ0v) is 34.3. The molecule has 0 aliphatic carbocycles. The van der Waals surface area contributed by atoms with E-state index in [4.69, 9.17) is 9.47 Å². The molecular formula is C45H85NO5. The lowest BCUT2D eigenvalue weighted by atomic mass is 10.0. The molecule has 0 amide bonds. The monoisotopic (exact) mass is 720 g/mol. The molecule has 0 aromatic carbocycles. The number of rotatable bonds is 39. The molecule has 0 spiro atoms. The fraction of sp³-hybridized carbons (Fsp3) is 0.911. The third-order valence-electron chi connectivity index (χ3n) is 9.99. The van der Waals surface area contributed by atoms with Crippen molar-refractivity contribution in [3.63, 3.8) is 0 Å². The quantitative estimate of drug-likeness (QED) is 0.0387. The molecule has 51 heavy (non-hydrogen) atoms. The highest BCUT2D eigenvalue weighted by molar-refractivity contribution is 5.69. The van der Waals surface area contributed by atoms with E-state index >= 15 is 0 Å². The van der Waals surface area contributed by atoms with Crippen LogP contribution in [0.1, 0.15) is 226 Å². The Kier molecular flexibility index (Phi) is 39.9. The van der Waals surface area contributed by atoms with E-state index in [-0.39, 0.29) is 31.3 Å². The molecule has 6 heteroatoms. The first-order chi connectivity index (χ1) is 25.1. The van der Waals surface area contributed by atoms with E-state index in [1.54, 1.807) is 0 Å². The molecule has 0 saturated carbocycles. The second-order valence-corrected chi connectivity index (χ2v) is 15.0. The molecule has 1 N–H and O–H groups in total. The summed E-state index contributed by atoms with van der Waals surface area (Å²) in [6.07, 6.45) is 36.1. The number of aliphatic hydroxyl groups excluding tert-OH is 1. The van der Waals surface area contributed by atoms with Gasteiger partial charge in [-0.15, -0.1) is 0 Å². The first-order valence-electron chi connectivity index (χ1n) is 22.2. The van der Waals surface area contributed by atoms with E-state index in [2.05, 4.69) is 37.5 Å². The van der Waals surface area contributed by atoms with E-state index in [1.165, 1.54) is 116 Å². The van der Waals surface area contributed by atoms with Gasteiger partial charge in [0.2, 0.25) is 0 Å². The highest BCUT2D eigenvalue weighted by Gasteiger charge is 2.14. The Bertz CT molecular complexity index is 790. The summed E-state index contributed by atoms with van der Waals surface area (Å²) in [7, 11) is 0. The number of hydrogen-bond donors (Lipinski definition) is 1. The van der Waals surface area contributed by atoms with Gasteiger partial charge in [-0.2, -0.15) is 0 Å². The van der Waals surface area contributed by atoms with Gasteiger partial charge in [-0.1, -0.05) is 155 Å². The molecular weight excluding hydrogens is 634 g/mol. The summed E-state index contributed by atoms with van der Waals surface area (Å²) < 4.78 is 11.3. The molecule has 0 aromatic rings. The summed E-state index contributed by atoms with van der Waals surface area (Å²) in [4.78, 5) is 27.1. The van der Waals surface area contributed by atoms with Crippen molar-refractivity contribution in [2.75, 3.05) is 32.8 Å². The molecule has 300 valence electrons. The molecule has 0 aliphatic heterocycles. The van der Waals surface area contributed by atoms with Crippen LogP contribution < -0.4 is 0 Å². The van der Waals surface area contributed by atoms with Gasteiger partial charge < -0.3 is 19.5 Å². The van der Waals surface area contributed by atoms with Crippen LogP contribution in [0.5, 0.6) is 0 Å². The summed E-state index contributed by atoms with van der Waals surface area (Å²) >= 11 is 0. The molecule has 0 aliphatic rings. The highest BCUT2D eigenvalue weighted by Crippen LogP contribution is 2.18. The topological polar surface area (TPSA) is 76.1 Å². The number of carbonyl (C=O) groups is 2. The lowest BCUT2D eigenvalue weighted by Gasteiger charge is -2.22. The van der Waals surface area contributed by atoms with Crippen molar-refractivity contribution in [3.05, 3.63) is 0 Å². The van der Waals surface area contributed by atoms with Crippen molar-refractivity contribution in [2.45, 2.75) is 232 Å². The summed E-state index contributed by atoms with van der Waals surface area (Å²) in [5.74, 6) is 5.95. The van der Waals surface area contributed by atoms with Gasteiger partial charge in [0.05, 0.1) is 0 Å². The fourth-order valence-electron chi connectivity index (χ4n) is 6.68. The van der Waals surface area contributed by atoms with Gasteiger partial charge in [-0.3, -0.25) is 9.59 Å². The molecule has 0 rings (SSSR count). The van der Waals surface area contributed by atoms with Crippen molar-refractivity contribution < 1.29 is 24.2 Å². The summed E-state index contributed by atoms with van der Waals surface area (Å²) in [6.45, 7) is 10.3.